The molecule has 1 N–H and O–H groups in total. The second kappa shape index (κ2) is 6.60. The van der Waals surface area contributed by atoms with Gasteiger partial charge in [-0.1, -0.05) is 64.1 Å². The van der Waals surface area contributed by atoms with Crippen molar-refractivity contribution in [3.63, 3.8) is 0 Å². The van der Waals surface area contributed by atoms with E-state index in [0.717, 1.165) is 6.54 Å². The molecule has 1 nitrogen and oxygen atoms in total. The molecular weight excluding hydrogens is 242 g/mol. The first-order chi connectivity index (χ1) is 9.56. The van der Waals surface area contributed by atoms with E-state index in [0.29, 0.717) is 11.8 Å². The van der Waals surface area contributed by atoms with Gasteiger partial charge in [-0.3, -0.25) is 0 Å². The van der Waals surface area contributed by atoms with Crippen molar-refractivity contribution in [1.82, 2.24) is 0 Å². The van der Waals surface area contributed by atoms with Gasteiger partial charge in [-0.05, 0) is 40.7 Å². The number of rotatable bonds is 5. The van der Waals surface area contributed by atoms with E-state index in [4.69, 9.17) is 0 Å². The van der Waals surface area contributed by atoms with E-state index in [9.17, 15) is 0 Å². The molecule has 0 amide bonds. The highest BCUT2D eigenvalue weighted by Crippen LogP contribution is 2.18. The Hall–Kier alpha value is -1.76. The van der Waals surface area contributed by atoms with E-state index in [1.807, 2.05) is 0 Å². The van der Waals surface area contributed by atoms with Crippen molar-refractivity contribution >= 4 is 5.69 Å². The summed E-state index contributed by atoms with van der Waals surface area (Å²) in [4.78, 5) is 0. The summed E-state index contributed by atoms with van der Waals surface area (Å²) in [7, 11) is 0. The van der Waals surface area contributed by atoms with Crippen LogP contribution in [-0.4, -0.2) is 0 Å². The molecule has 0 saturated heterocycles. The summed E-state index contributed by atoms with van der Waals surface area (Å²) in [6.45, 7) is 9.77. The Morgan fingerprint density at radius 2 is 1.15 bits per heavy atom. The molecular formula is C19H25N. The summed E-state index contributed by atoms with van der Waals surface area (Å²) in [5, 5.41) is 3.48. The third-order valence-corrected chi connectivity index (χ3v) is 3.72. The van der Waals surface area contributed by atoms with Crippen LogP contribution in [0.3, 0.4) is 0 Å². The summed E-state index contributed by atoms with van der Waals surface area (Å²) in [6, 6.07) is 17.6. The third kappa shape index (κ3) is 3.86. The van der Waals surface area contributed by atoms with Crippen LogP contribution in [0.1, 0.15) is 56.2 Å². The Morgan fingerprint density at radius 1 is 0.700 bits per heavy atom. The molecule has 0 aliphatic heterocycles. The molecule has 106 valence electrons. The number of hydrogen-bond acceptors (Lipinski definition) is 1. The Kier molecular flexibility index (Phi) is 4.84. The normalized spacial score (nSPS) is 11.1. The minimum absolute atomic E-state index is 0.590. The standard InChI is InChI=1S/C19H25N/c1-14(2)17-7-5-16(6-8-17)13-20-19-11-9-18(10-12-19)15(3)4/h5-12,14-15,20H,13H2,1-4H3. The number of benzene rings is 2. The van der Waals surface area contributed by atoms with Crippen molar-refractivity contribution < 1.29 is 0 Å². The van der Waals surface area contributed by atoms with Crippen LogP contribution in [0.15, 0.2) is 48.5 Å². The van der Waals surface area contributed by atoms with Gasteiger partial charge in [0.1, 0.15) is 0 Å². The summed E-state index contributed by atoms with van der Waals surface area (Å²) in [5.74, 6) is 1.19. The van der Waals surface area contributed by atoms with E-state index >= 15 is 0 Å². The predicted molar refractivity (Wildman–Crippen MR) is 88.4 cm³/mol. The Labute approximate surface area is 123 Å². The maximum atomic E-state index is 3.48. The average molecular weight is 267 g/mol. The molecule has 0 heterocycles. The van der Waals surface area contributed by atoms with Gasteiger partial charge in [0.05, 0.1) is 0 Å². The minimum atomic E-state index is 0.590. The lowest BCUT2D eigenvalue weighted by Gasteiger charge is -2.10. The molecule has 0 atom stereocenters. The van der Waals surface area contributed by atoms with E-state index < -0.39 is 0 Å². The van der Waals surface area contributed by atoms with Crippen molar-refractivity contribution in [2.24, 2.45) is 0 Å². The molecule has 0 aliphatic carbocycles. The summed E-state index contributed by atoms with van der Waals surface area (Å²) in [5.41, 5.74) is 5.29. The van der Waals surface area contributed by atoms with Gasteiger partial charge < -0.3 is 5.32 Å². The first-order valence-electron chi connectivity index (χ1n) is 7.49. The molecule has 2 aromatic rings. The van der Waals surface area contributed by atoms with E-state index in [-0.39, 0.29) is 0 Å². The second-order valence-electron chi connectivity index (χ2n) is 6.03. The van der Waals surface area contributed by atoms with E-state index in [1.54, 1.807) is 0 Å². The Balaban J connectivity index is 1.94. The monoisotopic (exact) mass is 267 g/mol. The highest BCUT2D eigenvalue weighted by Gasteiger charge is 2.00. The predicted octanol–water partition coefficient (Wildman–Crippen LogP) is 5.55. The highest BCUT2D eigenvalue weighted by atomic mass is 14.9. The zero-order valence-corrected chi connectivity index (χ0v) is 13.0. The number of anilines is 1. The van der Waals surface area contributed by atoms with Gasteiger partial charge >= 0.3 is 0 Å². The molecule has 2 rings (SSSR count). The van der Waals surface area contributed by atoms with Gasteiger partial charge in [-0.25, -0.2) is 0 Å². The fourth-order valence-corrected chi connectivity index (χ4v) is 2.21. The topological polar surface area (TPSA) is 12.0 Å². The SMILES string of the molecule is CC(C)c1ccc(CNc2ccc(C(C)C)cc2)cc1. The van der Waals surface area contributed by atoms with Crippen molar-refractivity contribution in [2.75, 3.05) is 5.32 Å². The van der Waals surface area contributed by atoms with Crippen LogP contribution in [0, 0.1) is 0 Å². The van der Waals surface area contributed by atoms with Crippen LogP contribution in [0.4, 0.5) is 5.69 Å². The zero-order chi connectivity index (χ0) is 14.5. The largest absolute Gasteiger partial charge is 0.381 e. The Morgan fingerprint density at radius 3 is 1.60 bits per heavy atom. The van der Waals surface area contributed by atoms with Crippen molar-refractivity contribution in [3.05, 3.63) is 65.2 Å². The number of hydrogen-bond donors (Lipinski definition) is 1. The van der Waals surface area contributed by atoms with Crippen molar-refractivity contribution in [2.45, 2.75) is 46.1 Å². The van der Waals surface area contributed by atoms with Crippen LogP contribution in [0.2, 0.25) is 0 Å². The van der Waals surface area contributed by atoms with Gasteiger partial charge in [0.25, 0.3) is 0 Å². The van der Waals surface area contributed by atoms with Gasteiger partial charge in [0.2, 0.25) is 0 Å². The van der Waals surface area contributed by atoms with Gasteiger partial charge in [0.15, 0.2) is 0 Å². The molecule has 0 radical (unpaired) electrons. The first-order valence-corrected chi connectivity index (χ1v) is 7.49. The van der Waals surface area contributed by atoms with Gasteiger partial charge in [0, 0.05) is 12.2 Å². The van der Waals surface area contributed by atoms with Crippen molar-refractivity contribution in [3.8, 4) is 0 Å². The molecule has 0 fully saturated rings. The second-order valence-corrected chi connectivity index (χ2v) is 6.03. The third-order valence-electron chi connectivity index (χ3n) is 3.72. The van der Waals surface area contributed by atoms with Crippen LogP contribution in [0.25, 0.3) is 0 Å². The van der Waals surface area contributed by atoms with E-state index in [2.05, 4.69) is 81.5 Å². The lowest BCUT2D eigenvalue weighted by Crippen LogP contribution is -2.00. The molecule has 0 saturated carbocycles. The molecule has 2 aromatic carbocycles. The van der Waals surface area contributed by atoms with Crippen molar-refractivity contribution in [1.29, 1.82) is 0 Å². The molecule has 0 aromatic heterocycles. The molecule has 0 spiro atoms. The van der Waals surface area contributed by atoms with Crippen LogP contribution in [0.5, 0.6) is 0 Å². The summed E-state index contributed by atoms with van der Waals surface area (Å²) >= 11 is 0. The maximum absolute atomic E-state index is 3.48. The Bertz CT molecular complexity index is 469. The highest BCUT2D eigenvalue weighted by molar-refractivity contribution is 5.45. The quantitative estimate of drug-likeness (QED) is 0.749. The lowest BCUT2D eigenvalue weighted by molar-refractivity contribution is 0.864. The molecule has 0 unspecified atom stereocenters. The summed E-state index contributed by atoms with van der Waals surface area (Å²) in [6.07, 6.45) is 0. The average Bonchev–Trinajstić information content (AvgIpc) is 2.46. The fourth-order valence-electron chi connectivity index (χ4n) is 2.21. The smallest absolute Gasteiger partial charge is 0.0400 e. The van der Waals surface area contributed by atoms with Crippen LogP contribution < -0.4 is 5.32 Å². The lowest BCUT2D eigenvalue weighted by atomic mass is 10.0. The minimum Gasteiger partial charge on any atom is -0.381 e. The fraction of sp³-hybridized carbons (Fsp3) is 0.368. The maximum Gasteiger partial charge on any atom is 0.0400 e. The molecule has 20 heavy (non-hydrogen) atoms. The van der Waals surface area contributed by atoms with Crippen LogP contribution >= 0.6 is 0 Å². The number of nitrogens with one attached hydrogen (secondary N) is 1. The first kappa shape index (κ1) is 14.6. The molecule has 0 bridgehead atoms. The van der Waals surface area contributed by atoms with E-state index in [1.165, 1.54) is 22.4 Å². The van der Waals surface area contributed by atoms with Gasteiger partial charge in [-0.15, -0.1) is 0 Å². The summed E-state index contributed by atoms with van der Waals surface area (Å²) < 4.78 is 0. The van der Waals surface area contributed by atoms with Gasteiger partial charge in [-0.2, -0.15) is 0 Å². The molecule has 0 aliphatic rings. The van der Waals surface area contributed by atoms with Crippen LogP contribution in [-0.2, 0) is 6.54 Å². The molecule has 1 heteroatoms. The zero-order valence-electron chi connectivity index (χ0n) is 13.0.